The summed E-state index contributed by atoms with van der Waals surface area (Å²) in [6.07, 6.45) is 1.50. The van der Waals surface area contributed by atoms with E-state index < -0.39 is 5.97 Å². The summed E-state index contributed by atoms with van der Waals surface area (Å²) in [6.45, 7) is 0.804. The first-order chi connectivity index (χ1) is 20.3. The van der Waals surface area contributed by atoms with Crippen LogP contribution >= 0.6 is 0 Å². The molecule has 0 atom stereocenters. The number of carboxylic acids is 1. The minimum Gasteiger partial charge on any atom is -0.497 e. The van der Waals surface area contributed by atoms with Crippen LogP contribution in [0.25, 0.3) is 11.1 Å². The number of hydrogen-bond donors (Lipinski definition) is 1. The molecule has 0 spiro atoms. The van der Waals surface area contributed by atoms with Gasteiger partial charge in [-0.25, -0.2) is 0 Å². The molecule has 1 amide bonds. The summed E-state index contributed by atoms with van der Waals surface area (Å²) in [5.74, 6) is 1.43. The SMILES string of the molecule is COc1cccc(CCC(=O)N(C)Cc2cccc(-c3ccc(CCC(=O)O)cc3OCc3cccc(OC)c3)c2)c1. The zero-order valence-electron chi connectivity index (χ0n) is 24.3. The van der Waals surface area contributed by atoms with E-state index in [0.717, 1.165) is 44.9 Å². The molecule has 4 rings (SSSR count). The molecule has 4 aromatic rings. The molecule has 4 aromatic carbocycles. The predicted octanol–water partition coefficient (Wildman–Crippen LogP) is 6.56. The number of methoxy groups -OCH3 is 2. The second-order valence-electron chi connectivity index (χ2n) is 10.2. The number of carbonyl (C=O) groups is 2. The van der Waals surface area contributed by atoms with Crippen molar-refractivity contribution in [3.63, 3.8) is 0 Å². The van der Waals surface area contributed by atoms with Crippen LogP contribution in [-0.4, -0.2) is 43.2 Å². The first-order valence-electron chi connectivity index (χ1n) is 13.9. The molecule has 0 fully saturated rings. The van der Waals surface area contributed by atoms with Crippen LogP contribution in [0.4, 0.5) is 0 Å². The highest BCUT2D eigenvalue weighted by Gasteiger charge is 2.13. The molecule has 42 heavy (non-hydrogen) atoms. The van der Waals surface area contributed by atoms with Gasteiger partial charge >= 0.3 is 5.97 Å². The van der Waals surface area contributed by atoms with E-state index >= 15 is 0 Å². The van der Waals surface area contributed by atoms with Crippen LogP contribution in [0.15, 0.2) is 91.0 Å². The van der Waals surface area contributed by atoms with E-state index in [1.54, 1.807) is 19.1 Å². The number of carbonyl (C=O) groups excluding carboxylic acids is 1. The average Bonchev–Trinajstić information content (AvgIpc) is 3.01. The highest BCUT2D eigenvalue weighted by Crippen LogP contribution is 2.33. The standard InChI is InChI=1S/C35H37NO6/c1-36(34(37)17-14-25-7-5-11-30(20-25)40-2)23-27-8-4-10-29(19-27)32-16-13-26(15-18-35(38)39)22-33(32)42-24-28-9-6-12-31(21-28)41-3/h4-13,16,19-22H,14-15,17-18,23-24H2,1-3H3,(H,38,39). The summed E-state index contributed by atoms with van der Waals surface area (Å²) in [7, 11) is 5.08. The minimum atomic E-state index is -0.840. The van der Waals surface area contributed by atoms with Crippen molar-refractivity contribution < 1.29 is 28.9 Å². The third-order valence-corrected chi connectivity index (χ3v) is 7.05. The lowest BCUT2D eigenvalue weighted by molar-refractivity contribution is -0.137. The van der Waals surface area contributed by atoms with E-state index in [9.17, 15) is 9.59 Å². The lowest BCUT2D eigenvalue weighted by Crippen LogP contribution is -2.26. The first kappa shape index (κ1) is 30.2. The third kappa shape index (κ3) is 8.61. The van der Waals surface area contributed by atoms with E-state index in [2.05, 4.69) is 6.07 Å². The van der Waals surface area contributed by atoms with E-state index in [1.807, 2.05) is 92.0 Å². The third-order valence-electron chi connectivity index (χ3n) is 7.05. The normalized spacial score (nSPS) is 10.6. The Hall–Kier alpha value is -4.78. The van der Waals surface area contributed by atoms with E-state index in [1.165, 1.54) is 0 Å². The molecule has 0 aliphatic heterocycles. The summed E-state index contributed by atoms with van der Waals surface area (Å²) in [6, 6.07) is 29.4. The Labute approximate surface area is 247 Å². The van der Waals surface area contributed by atoms with Crippen molar-refractivity contribution in [1.82, 2.24) is 4.90 Å². The van der Waals surface area contributed by atoms with Crippen molar-refractivity contribution in [3.8, 4) is 28.4 Å². The molecular formula is C35H37NO6. The van der Waals surface area contributed by atoms with Gasteiger partial charge in [0, 0.05) is 32.0 Å². The molecular weight excluding hydrogens is 530 g/mol. The quantitative estimate of drug-likeness (QED) is 0.186. The summed E-state index contributed by atoms with van der Waals surface area (Å²) >= 11 is 0. The van der Waals surface area contributed by atoms with Gasteiger partial charge in [0.25, 0.3) is 0 Å². The Bertz CT molecular complexity index is 1520. The van der Waals surface area contributed by atoms with E-state index in [-0.39, 0.29) is 12.3 Å². The number of aryl methyl sites for hydroxylation is 2. The number of ether oxygens (including phenoxy) is 3. The fourth-order valence-electron chi connectivity index (χ4n) is 4.72. The number of hydrogen-bond acceptors (Lipinski definition) is 5. The largest absolute Gasteiger partial charge is 0.497 e. The molecule has 0 saturated heterocycles. The molecule has 0 aliphatic rings. The lowest BCUT2D eigenvalue weighted by Gasteiger charge is -2.19. The number of nitrogens with zero attached hydrogens (tertiary/aromatic N) is 1. The molecule has 0 aliphatic carbocycles. The summed E-state index contributed by atoms with van der Waals surface area (Å²) in [4.78, 5) is 25.8. The molecule has 0 unspecified atom stereocenters. The Morgan fingerprint density at radius 1 is 0.714 bits per heavy atom. The summed E-state index contributed by atoms with van der Waals surface area (Å²) < 4.78 is 16.9. The fourth-order valence-corrected chi connectivity index (χ4v) is 4.72. The highest BCUT2D eigenvalue weighted by molar-refractivity contribution is 5.76. The van der Waals surface area contributed by atoms with Crippen molar-refractivity contribution in [2.75, 3.05) is 21.3 Å². The van der Waals surface area contributed by atoms with Crippen LogP contribution in [0.5, 0.6) is 17.2 Å². The Morgan fingerprint density at radius 3 is 2.05 bits per heavy atom. The van der Waals surface area contributed by atoms with Crippen LogP contribution in [0, 0.1) is 0 Å². The molecule has 0 saturated carbocycles. The van der Waals surface area contributed by atoms with Crippen LogP contribution < -0.4 is 14.2 Å². The summed E-state index contributed by atoms with van der Waals surface area (Å²) in [5.41, 5.74) is 5.75. The van der Waals surface area contributed by atoms with Gasteiger partial charge in [0.1, 0.15) is 23.9 Å². The monoisotopic (exact) mass is 567 g/mol. The van der Waals surface area contributed by atoms with Crippen molar-refractivity contribution in [3.05, 3.63) is 113 Å². The minimum absolute atomic E-state index is 0.0440. The maximum absolute atomic E-state index is 12.9. The van der Waals surface area contributed by atoms with Crippen LogP contribution in [-0.2, 0) is 35.6 Å². The molecule has 0 heterocycles. The van der Waals surface area contributed by atoms with Crippen LogP contribution in [0.2, 0.25) is 0 Å². The lowest BCUT2D eigenvalue weighted by atomic mass is 9.99. The van der Waals surface area contributed by atoms with Crippen molar-refractivity contribution >= 4 is 11.9 Å². The molecule has 0 radical (unpaired) electrons. The van der Waals surface area contributed by atoms with Gasteiger partial charge in [0.2, 0.25) is 5.91 Å². The second-order valence-corrected chi connectivity index (χ2v) is 10.2. The van der Waals surface area contributed by atoms with Crippen molar-refractivity contribution in [2.45, 2.75) is 38.8 Å². The van der Waals surface area contributed by atoms with Gasteiger partial charge in [-0.2, -0.15) is 0 Å². The number of rotatable bonds is 14. The second kappa shape index (κ2) is 14.7. The van der Waals surface area contributed by atoms with Crippen LogP contribution in [0.3, 0.4) is 0 Å². The van der Waals surface area contributed by atoms with Crippen LogP contribution in [0.1, 0.15) is 35.1 Å². The van der Waals surface area contributed by atoms with E-state index in [0.29, 0.717) is 38.2 Å². The average molecular weight is 568 g/mol. The van der Waals surface area contributed by atoms with Crippen molar-refractivity contribution in [1.29, 1.82) is 0 Å². The smallest absolute Gasteiger partial charge is 0.303 e. The van der Waals surface area contributed by atoms with E-state index in [4.69, 9.17) is 19.3 Å². The van der Waals surface area contributed by atoms with Gasteiger partial charge in [-0.15, -0.1) is 0 Å². The number of aliphatic carboxylic acids is 1. The highest BCUT2D eigenvalue weighted by atomic mass is 16.5. The van der Waals surface area contributed by atoms with Gasteiger partial charge in [-0.3, -0.25) is 9.59 Å². The van der Waals surface area contributed by atoms with Gasteiger partial charge < -0.3 is 24.2 Å². The molecule has 218 valence electrons. The fraction of sp³-hybridized carbons (Fsp3) is 0.257. The van der Waals surface area contributed by atoms with Gasteiger partial charge in [-0.1, -0.05) is 54.6 Å². The van der Waals surface area contributed by atoms with Gasteiger partial charge in [-0.05, 0) is 77.1 Å². The Kier molecular flexibility index (Phi) is 10.6. The molecule has 7 nitrogen and oxygen atoms in total. The van der Waals surface area contributed by atoms with Gasteiger partial charge in [0.15, 0.2) is 0 Å². The van der Waals surface area contributed by atoms with Crippen molar-refractivity contribution in [2.24, 2.45) is 0 Å². The predicted molar refractivity (Wildman–Crippen MR) is 163 cm³/mol. The Morgan fingerprint density at radius 2 is 1.33 bits per heavy atom. The number of carboxylic acid groups (broad SMARTS) is 1. The zero-order valence-corrected chi connectivity index (χ0v) is 24.3. The molecule has 0 aromatic heterocycles. The number of benzene rings is 4. The molecule has 7 heteroatoms. The zero-order chi connectivity index (χ0) is 29.9. The van der Waals surface area contributed by atoms with Gasteiger partial charge in [0.05, 0.1) is 14.2 Å². The summed E-state index contributed by atoms with van der Waals surface area (Å²) in [5, 5.41) is 9.16. The topological polar surface area (TPSA) is 85.3 Å². The number of amides is 1. The Balaban J connectivity index is 1.49. The maximum atomic E-state index is 12.9. The first-order valence-corrected chi connectivity index (χ1v) is 13.9. The maximum Gasteiger partial charge on any atom is 0.303 e. The molecule has 0 bridgehead atoms. The molecule has 1 N–H and O–H groups in total.